The first-order valence-corrected chi connectivity index (χ1v) is 8.54. The van der Waals surface area contributed by atoms with Crippen LogP contribution in [0.1, 0.15) is 26.2 Å². The van der Waals surface area contributed by atoms with Gasteiger partial charge in [0.2, 0.25) is 11.7 Å². The Labute approximate surface area is 144 Å². The topological polar surface area (TPSA) is 60.0 Å². The number of benzene rings is 1. The largest absolute Gasteiger partial charge is 0.493 e. The van der Waals surface area contributed by atoms with Crippen LogP contribution in [0.15, 0.2) is 18.2 Å². The van der Waals surface area contributed by atoms with Gasteiger partial charge in [0.1, 0.15) is 6.10 Å². The summed E-state index contributed by atoms with van der Waals surface area (Å²) in [5.74, 6) is 2.11. The molecule has 134 valence electrons. The molecule has 0 unspecified atom stereocenters. The number of rotatable bonds is 8. The Balaban J connectivity index is 1.86. The van der Waals surface area contributed by atoms with Gasteiger partial charge in [-0.3, -0.25) is 9.69 Å². The number of ether oxygens (including phenoxy) is 3. The number of para-hydroxylation sites is 1. The number of hydrogen-bond donors (Lipinski definition) is 1. The summed E-state index contributed by atoms with van der Waals surface area (Å²) in [5, 5.41) is 2.92. The lowest BCUT2D eigenvalue weighted by Crippen LogP contribution is -2.43. The summed E-state index contributed by atoms with van der Waals surface area (Å²) in [5.41, 5.74) is 0. The average Bonchev–Trinajstić information content (AvgIpc) is 2.61. The SMILES string of the molecule is CCCNC(=O)CN1CCC(Oc2c(OC)cccc2OC)CC1. The summed E-state index contributed by atoms with van der Waals surface area (Å²) < 4.78 is 16.9. The number of likely N-dealkylation sites (tertiary alicyclic amines) is 1. The van der Waals surface area contributed by atoms with Crippen LogP contribution in [0.25, 0.3) is 0 Å². The van der Waals surface area contributed by atoms with Gasteiger partial charge in [-0.1, -0.05) is 13.0 Å². The van der Waals surface area contributed by atoms with Crippen LogP contribution in [-0.4, -0.2) is 57.3 Å². The van der Waals surface area contributed by atoms with Gasteiger partial charge in [-0.15, -0.1) is 0 Å². The highest BCUT2D eigenvalue weighted by atomic mass is 16.5. The highest BCUT2D eigenvalue weighted by Gasteiger charge is 2.24. The number of nitrogens with one attached hydrogen (secondary N) is 1. The van der Waals surface area contributed by atoms with Crippen molar-refractivity contribution in [1.82, 2.24) is 10.2 Å². The zero-order valence-electron chi connectivity index (χ0n) is 14.8. The third kappa shape index (κ3) is 5.03. The molecule has 0 saturated carbocycles. The van der Waals surface area contributed by atoms with Crippen molar-refractivity contribution in [2.45, 2.75) is 32.3 Å². The predicted molar refractivity (Wildman–Crippen MR) is 92.9 cm³/mol. The second kappa shape index (κ2) is 9.37. The first-order chi connectivity index (χ1) is 11.7. The zero-order chi connectivity index (χ0) is 17.4. The van der Waals surface area contributed by atoms with Crippen molar-refractivity contribution in [2.75, 3.05) is 40.4 Å². The van der Waals surface area contributed by atoms with Gasteiger partial charge in [0.15, 0.2) is 11.5 Å². The fraction of sp³-hybridized carbons (Fsp3) is 0.611. The second-order valence-electron chi connectivity index (χ2n) is 5.93. The van der Waals surface area contributed by atoms with Crippen LogP contribution in [0, 0.1) is 0 Å². The van der Waals surface area contributed by atoms with Crippen LogP contribution in [-0.2, 0) is 4.79 Å². The molecule has 1 N–H and O–H groups in total. The molecule has 1 saturated heterocycles. The Morgan fingerprint density at radius 3 is 2.38 bits per heavy atom. The van der Waals surface area contributed by atoms with Crippen LogP contribution in [0.5, 0.6) is 17.2 Å². The van der Waals surface area contributed by atoms with E-state index in [4.69, 9.17) is 14.2 Å². The monoisotopic (exact) mass is 336 g/mol. The molecule has 0 aromatic heterocycles. The number of hydrogen-bond acceptors (Lipinski definition) is 5. The normalized spacial score (nSPS) is 15.8. The summed E-state index contributed by atoms with van der Waals surface area (Å²) in [6, 6.07) is 5.61. The molecular weight excluding hydrogens is 308 g/mol. The minimum Gasteiger partial charge on any atom is -0.493 e. The van der Waals surface area contributed by atoms with Crippen molar-refractivity contribution in [3.8, 4) is 17.2 Å². The maximum atomic E-state index is 11.8. The second-order valence-corrected chi connectivity index (χ2v) is 5.93. The van der Waals surface area contributed by atoms with E-state index in [-0.39, 0.29) is 12.0 Å². The maximum absolute atomic E-state index is 11.8. The van der Waals surface area contributed by atoms with Gasteiger partial charge < -0.3 is 19.5 Å². The molecule has 1 aliphatic heterocycles. The van der Waals surface area contributed by atoms with Crippen molar-refractivity contribution >= 4 is 5.91 Å². The Hall–Kier alpha value is -1.95. The van der Waals surface area contributed by atoms with E-state index in [2.05, 4.69) is 17.1 Å². The van der Waals surface area contributed by atoms with E-state index in [1.165, 1.54) is 0 Å². The van der Waals surface area contributed by atoms with Gasteiger partial charge in [-0.05, 0) is 31.4 Å². The van der Waals surface area contributed by atoms with Crippen molar-refractivity contribution in [3.05, 3.63) is 18.2 Å². The molecule has 6 heteroatoms. The molecule has 0 bridgehead atoms. The molecule has 0 spiro atoms. The van der Waals surface area contributed by atoms with E-state index in [1.54, 1.807) is 14.2 Å². The smallest absolute Gasteiger partial charge is 0.234 e. The molecule has 1 heterocycles. The van der Waals surface area contributed by atoms with Crippen LogP contribution in [0.3, 0.4) is 0 Å². The Morgan fingerprint density at radius 2 is 1.83 bits per heavy atom. The Kier molecular flexibility index (Phi) is 7.18. The first-order valence-electron chi connectivity index (χ1n) is 8.54. The molecule has 2 rings (SSSR count). The van der Waals surface area contributed by atoms with Crippen molar-refractivity contribution in [1.29, 1.82) is 0 Å². The third-order valence-corrected chi connectivity index (χ3v) is 4.14. The van der Waals surface area contributed by atoms with Gasteiger partial charge in [-0.25, -0.2) is 0 Å². The van der Waals surface area contributed by atoms with E-state index >= 15 is 0 Å². The lowest BCUT2D eigenvalue weighted by molar-refractivity contribution is -0.122. The molecule has 1 fully saturated rings. The number of carbonyl (C=O) groups is 1. The molecule has 1 aliphatic rings. The van der Waals surface area contributed by atoms with Gasteiger partial charge in [-0.2, -0.15) is 0 Å². The molecule has 1 aromatic carbocycles. The summed E-state index contributed by atoms with van der Waals surface area (Å²) in [6.45, 7) is 4.95. The fourth-order valence-corrected chi connectivity index (χ4v) is 2.81. The van der Waals surface area contributed by atoms with Crippen LogP contribution < -0.4 is 19.5 Å². The molecule has 0 radical (unpaired) electrons. The summed E-state index contributed by atoms with van der Waals surface area (Å²) >= 11 is 0. The van der Waals surface area contributed by atoms with Crippen LogP contribution in [0.2, 0.25) is 0 Å². The third-order valence-electron chi connectivity index (χ3n) is 4.14. The van der Waals surface area contributed by atoms with Crippen molar-refractivity contribution in [3.63, 3.8) is 0 Å². The molecule has 24 heavy (non-hydrogen) atoms. The van der Waals surface area contributed by atoms with Crippen LogP contribution in [0.4, 0.5) is 0 Å². The molecule has 0 atom stereocenters. The van der Waals surface area contributed by atoms with Gasteiger partial charge in [0.25, 0.3) is 0 Å². The van der Waals surface area contributed by atoms with Crippen molar-refractivity contribution < 1.29 is 19.0 Å². The summed E-state index contributed by atoms with van der Waals surface area (Å²) in [4.78, 5) is 14.0. The van der Waals surface area contributed by atoms with Crippen molar-refractivity contribution in [2.24, 2.45) is 0 Å². The Bertz CT molecular complexity index is 506. The van der Waals surface area contributed by atoms with Gasteiger partial charge in [0.05, 0.1) is 20.8 Å². The van der Waals surface area contributed by atoms with E-state index in [0.29, 0.717) is 23.8 Å². The van der Waals surface area contributed by atoms with E-state index in [9.17, 15) is 4.79 Å². The predicted octanol–water partition coefficient (Wildman–Crippen LogP) is 2.07. The molecule has 0 aliphatic carbocycles. The van der Waals surface area contributed by atoms with Crippen LogP contribution >= 0.6 is 0 Å². The number of nitrogens with zero attached hydrogens (tertiary/aromatic N) is 1. The zero-order valence-corrected chi connectivity index (χ0v) is 14.8. The number of amides is 1. The standard InChI is InChI=1S/C18H28N2O4/c1-4-10-19-17(21)13-20-11-8-14(9-12-20)24-18-15(22-2)6-5-7-16(18)23-3/h5-7,14H,4,8-13H2,1-3H3,(H,19,21). The van der Waals surface area contributed by atoms with Gasteiger partial charge >= 0.3 is 0 Å². The number of piperidine rings is 1. The minimum absolute atomic E-state index is 0.0996. The van der Waals surface area contributed by atoms with E-state index < -0.39 is 0 Å². The maximum Gasteiger partial charge on any atom is 0.234 e. The lowest BCUT2D eigenvalue weighted by atomic mass is 10.1. The quantitative estimate of drug-likeness (QED) is 0.787. The lowest BCUT2D eigenvalue weighted by Gasteiger charge is -2.32. The summed E-state index contributed by atoms with van der Waals surface area (Å²) in [7, 11) is 3.25. The number of methoxy groups -OCH3 is 2. The molecule has 6 nitrogen and oxygen atoms in total. The highest BCUT2D eigenvalue weighted by molar-refractivity contribution is 5.77. The Morgan fingerprint density at radius 1 is 1.21 bits per heavy atom. The molecular formula is C18H28N2O4. The minimum atomic E-state index is 0.0996. The molecule has 1 amide bonds. The highest BCUT2D eigenvalue weighted by Crippen LogP contribution is 2.38. The number of carbonyl (C=O) groups excluding carboxylic acids is 1. The first kappa shape index (κ1) is 18.4. The summed E-state index contributed by atoms with van der Waals surface area (Å²) in [6.07, 6.45) is 2.82. The van der Waals surface area contributed by atoms with E-state index in [1.807, 2.05) is 18.2 Å². The molecule has 1 aromatic rings. The van der Waals surface area contributed by atoms with Gasteiger partial charge in [0, 0.05) is 19.6 Å². The van der Waals surface area contributed by atoms with E-state index in [0.717, 1.165) is 38.9 Å². The average molecular weight is 336 g/mol. The fourth-order valence-electron chi connectivity index (χ4n) is 2.81.